The number of hydrogen-bond donors (Lipinski definition) is 3. The van der Waals surface area contributed by atoms with E-state index in [1.54, 1.807) is 25.7 Å². The van der Waals surface area contributed by atoms with Gasteiger partial charge in [0.25, 0.3) is 0 Å². The smallest absolute Gasteiger partial charge is 0.408 e. The monoisotopic (exact) mass is 477 g/mol. The summed E-state index contributed by atoms with van der Waals surface area (Å²) in [4.78, 5) is 41.1. The van der Waals surface area contributed by atoms with Gasteiger partial charge in [-0.1, -0.05) is 43.2 Å². The van der Waals surface area contributed by atoms with Crippen LogP contribution >= 0.6 is 12.6 Å². The molecule has 0 radical (unpaired) electrons. The Kier molecular flexibility index (Phi) is 9.64. The second kappa shape index (κ2) is 11.8. The number of aryl methyl sites for hydroxylation is 1. The summed E-state index contributed by atoms with van der Waals surface area (Å²) in [6.07, 6.45) is 2.75. The minimum Gasteiger partial charge on any atom is -0.444 e. The highest BCUT2D eigenvalue weighted by Crippen LogP contribution is 2.36. The first-order valence-corrected chi connectivity index (χ1v) is 12.4. The van der Waals surface area contributed by atoms with Crippen LogP contribution in [0.15, 0.2) is 24.3 Å². The summed E-state index contributed by atoms with van der Waals surface area (Å²) in [5.41, 5.74) is 1.13. The molecule has 0 aliphatic heterocycles. The van der Waals surface area contributed by atoms with E-state index in [0.29, 0.717) is 0 Å². The second-order valence-corrected chi connectivity index (χ2v) is 10.2. The molecule has 2 rings (SSSR count). The Bertz CT molecular complexity index is 818. The van der Waals surface area contributed by atoms with Gasteiger partial charge in [-0.05, 0) is 59.4 Å². The largest absolute Gasteiger partial charge is 0.444 e. The van der Waals surface area contributed by atoms with Gasteiger partial charge in [-0.15, -0.1) is 0 Å². The fourth-order valence-electron chi connectivity index (χ4n) is 3.70. The molecule has 33 heavy (non-hydrogen) atoms. The Labute approximate surface area is 203 Å². The maximum Gasteiger partial charge on any atom is 0.408 e. The van der Waals surface area contributed by atoms with Crippen LogP contribution in [-0.2, 0) is 14.3 Å². The van der Waals surface area contributed by atoms with Crippen molar-refractivity contribution in [3.05, 3.63) is 35.4 Å². The number of ether oxygens (including phenoxy) is 1. The number of benzene rings is 1. The maximum atomic E-state index is 13.7. The van der Waals surface area contributed by atoms with Gasteiger partial charge in [0.05, 0.1) is 0 Å². The van der Waals surface area contributed by atoms with E-state index in [1.807, 2.05) is 38.1 Å². The highest BCUT2D eigenvalue weighted by atomic mass is 32.1. The number of hydrogen-bond acceptors (Lipinski definition) is 5. The summed E-state index contributed by atoms with van der Waals surface area (Å²) in [5.74, 6) is -0.451. The molecular weight excluding hydrogens is 438 g/mol. The first kappa shape index (κ1) is 27.0. The second-order valence-electron chi connectivity index (χ2n) is 9.87. The lowest BCUT2D eigenvalue weighted by Crippen LogP contribution is -2.55. The van der Waals surface area contributed by atoms with Crippen LogP contribution < -0.4 is 10.6 Å². The topological polar surface area (TPSA) is 87.7 Å². The van der Waals surface area contributed by atoms with Crippen LogP contribution in [0.1, 0.15) is 77.5 Å². The summed E-state index contributed by atoms with van der Waals surface area (Å²) in [6, 6.07) is 5.91. The zero-order valence-electron chi connectivity index (χ0n) is 20.7. The number of alkyl carbamates (subject to hydrolysis) is 1. The zero-order chi connectivity index (χ0) is 24.8. The molecule has 0 saturated heterocycles. The molecule has 1 saturated carbocycles. The van der Waals surface area contributed by atoms with E-state index in [-0.39, 0.29) is 29.7 Å². The number of nitrogens with zero attached hydrogens (tertiary/aromatic N) is 1. The molecule has 0 aromatic heterocycles. The van der Waals surface area contributed by atoms with Crippen molar-refractivity contribution >= 4 is 30.5 Å². The first-order valence-electron chi connectivity index (χ1n) is 11.8. The highest BCUT2D eigenvalue weighted by Gasteiger charge is 2.44. The molecule has 1 aliphatic carbocycles. The molecule has 3 atom stereocenters. The van der Waals surface area contributed by atoms with Gasteiger partial charge in [-0.2, -0.15) is 12.6 Å². The van der Waals surface area contributed by atoms with Gasteiger partial charge in [0.2, 0.25) is 11.8 Å². The number of carbonyl (C=O) groups excluding carboxylic acids is 3. The van der Waals surface area contributed by atoms with Crippen molar-refractivity contribution in [3.63, 3.8) is 0 Å². The number of amides is 3. The van der Waals surface area contributed by atoms with E-state index in [0.717, 1.165) is 36.8 Å². The van der Waals surface area contributed by atoms with Crippen molar-refractivity contribution in [1.82, 2.24) is 15.5 Å². The molecular formula is C25H39N3O4S. The minimum absolute atomic E-state index is 0.00725. The van der Waals surface area contributed by atoms with Gasteiger partial charge >= 0.3 is 6.09 Å². The molecule has 1 aromatic rings. The molecule has 1 aromatic carbocycles. The van der Waals surface area contributed by atoms with Crippen LogP contribution in [0.4, 0.5) is 4.79 Å². The summed E-state index contributed by atoms with van der Waals surface area (Å²) >= 11 is 4.31. The van der Waals surface area contributed by atoms with E-state index < -0.39 is 23.8 Å². The van der Waals surface area contributed by atoms with Crippen molar-refractivity contribution in [1.29, 1.82) is 0 Å². The van der Waals surface area contributed by atoms with Crippen LogP contribution in [0.2, 0.25) is 0 Å². The fourth-order valence-corrected chi connectivity index (χ4v) is 3.95. The predicted molar refractivity (Wildman–Crippen MR) is 133 cm³/mol. The molecule has 0 bridgehead atoms. The van der Waals surface area contributed by atoms with E-state index in [9.17, 15) is 14.4 Å². The van der Waals surface area contributed by atoms with E-state index in [1.165, 1.54) is 0 Å². The lowest BCUT2D eigenvalue weighted by Gasteiger charge is -2.35. The third-order valence-electron chi connectivity index (χ3n) is 5.40. The molecule has 7 nitrogen and oxygen atoms in total. The lowest BCUT2D eigenvalue weighted by atomic mass is 10.0. The van der Waals surface area contributed by atoms with Crippen molar-refractivity contribution in [2.75, 3.05) is 5.75 Å². The highest BCUT2D eigenvalue weighted by molar-refractivity contribution is 7.80. The summed E-state index contributed by atoms with van der Waals surface area (Å²) in [5, 5.41) is 5.72. The SMILES string of the molecule is CCCC(C)NC(=O)C(c1ccc(C)cc1)N(C(=O)C(CS)NC(=O)OC(C)(C)C)C1CC1. The first-order chi connectivity index (χ1) is 15.5. The molecule has 0 spiro atoms. The van der Waals surface area contributed by atoms with E-state index in [4.69, 9.17) is 4.74 Å². The number of carbonyl (C=O) groups is 3. The summed E-state index contributed by atoms with van der Waals surface area (Å²) in [7, 11) is 0. The average Bonchev–Trinajstić information content (AvgIpc) is 3.54. The van der Waals surface area contributed by atoms with Gasteiger partial charge < -0.3 is 20.3 Å². The number of rotatable bonds is 10. The Balaban J connectivity index is 2.35. The van der Waals surface area contributed by atoms with Crippen molar-refractivity contribution in [3.8, 4) is 0 Å². The number of nitrogens with one attached hydrogen (secondary N) is 2. The zero-order valence-corrected chi connectivity index (χ0v) is 21.6. The van der Waals surface area contributed by atoms with Gasteiger partial charge in [-0.25, -0.2) is 4.79 Å². The van der Waals surface area contributed by atoms with Gasteiger partial charge in [-0.3, -0.25) is 9.59 Å². The van der Waals surface area contributed by atoms with E-state index in [2.05, 4.69) is 30.2 Å². The normalized spacial score (nSPS) is 16.3. The van der Waals surface area contributed by atoms with Crippen LogP contribution in [0.25, 0.3) is 0 Å². The maximum absolute atomic E-state index is 13.7. The summed E-state index contributed by atoms with van der Waals surface area (Å²) < 4.78 is 5.33. The van der Waals surface area contributed by atoms with Crippen LogP contribution in [0.5, 0.6) is 0 Å². The Hall–Kier alpha value is -2.22. The van der Waals surface area contributed by atoms with Crippen LogP contribution in [0, 0.1) is 6.92 Å². The molecule has 184 valence electrons. The van der Waals surface area contributed by atoms with Crippen LogP contribution in [-0.4, -0.2) is 52.3 Å². The molecule has 3 amide bonds. The fraction of sp³-hybridized carbons (Fsp3) is 0.640. The summed E-state index contributed by atoms with van der Waals surface area (Å²) in [6.45, 7) is 11.3. The number of thiol groups is 1. The van der Waals surface area contributed by atoms with Crippen LogP contribution in [0.3, 0.4) is 0 Å². The van der Waals surface area contributed by atoms with Crippen molar-refractivity contribution in [2.24, 2.45) is 0 Å². The Morgan fingerprint density at radius 1 is 1.15 bits per heavy atom. The lowest BCUT2D eigenvalue weighted by molar-refractivity contribution is -0.143. The predicted octanol–water partition coefficient (Wildman–Crippen LogP) is 4.16. The molecule has 8 heteroatoms. The van der Waals surface area contributed by atoms with Gasteiger partial charge in [0.1, 0.15) is 17.7 Å². The molecule has 1 aliphatic rings. The van der Waals surface area contributed by atoms with Crippen molar-refractivity contribution in [2.45, 2.75) is 97.0 Å². The standard InChI is InChI=1S/C25H39N3O4S/c1-7-8-17(3)26-22(29)21(18-11-9-16(2)10-12-18)28(19-13-14-19)23(30)20(15-33)27-24(31)32-25(4,5)6/h9-12,17,19-21,33H,7-8,13-15H2,1-6H3,(H,26,29)(H,27,31). The Morgan fingerprint density at radius 3 is 2.24 bits per heavy atom. The van der Waals surface area contributed by atoms with Crippen molar-refractivity contribution < 1.29 is 19.1 Å². The average molecular weight is 478 g/mol. The quantitative estimate of drug-likeness (QED) is 0.442. The third kappa shape index (κ3) is 8.25. The van der Waals surface area contributed by atoms with E-state index >= 15 is 0 Å². The Morgan fingerprint density at radius 2 is 1.76 bits per heavy atom. The third-order valence-corrected chi connectivity index (χ3v) is 5.76. The molecule has 1 fully saturated rings. The molecule has 2 N–H and O–H groups in total. The van der Waals surface area contributed by atoms with Gasteiger partial charge in [0, 0.05) is 17.8 Å². The van der Waals surface area contributed by atoms with Gasteiger partial charge in [0.15, 0.2) is 0 Å². The molecule has 3 unspecified atom stereocenters. The molecule has 0 heterocycles. The minimum atomic E-state index is -0.905.